The number of nitrogens with zero attached hydrogens (tertiary/aromatic N) is 1. The first-order valence-electron chi connectivity index (χ1n) is 8.62. The minimum Gasteiger partial charge on any atom is -0.494 e. The highest BCUT2D eigenvalue weighted by atomic mass is 16.5. The summed E-state index contributed by atoms with van der Waals surface area (Å²) in [5.41, 5.74) is 0. The van der Waals surface area contributed by atoms with Gasteiger partial charge in [0.1, 0.15) is 18.1 Å². The van der Waals surface area contributed by atoms with Crippen LogP contribution in [0.4, 0.5) is 0 Å². The predicted molar refractivity (Wildman–Crippen MR) is 92.2 cm³/mol. The fourth-order valence-electron chi connectivity index (χ4n) is 2.91. The molecule has 0 radical (unpaired) electrons. The summed E-state index contributed by atoms with van der Waals surface area (Å²) >= 11 is 0. The zero-order valence-corrected chi connectivity index (χ0v) is 14.3. The van der Waals surface area contributed by atoms with Gasteiger partial charge in [0.2, 0.25) is 0 Å². The second-order valence-electron chi connectivity index (χ2n) is 6.17. The molecule has 5 nitrogen and oxygen atoms in total. The highest BCUT2D eigenvalue weighted by molar-refractivity contribution is 5.31. The first-order chi connectivity index (χ1) is 11.2. The van der Waals surface area contributed by atoms with Crippen LogP contribution >= 0.6 is 0 Å². The fraction of sp³-hybridized carbons (Fsp3) is 0.667. The normalized spacial score (nSPS) is 17.2. The predicted octanol–water partition coefficient (Wildman–Crippen LogP) is 1.76. The standard InChI is InChI=1S/C18H30N2O3/c1-3-22-16-4-6-17(7-5-16)23-13-12-20(2)14-18(21)15-8-10-19-11-9-15/h4-7,15,18-19,21H,3,8-14H2,1-2H3. The van der Waals surface area contributed by atoms with Crippen molar-refractivity contribution in [1.82, 2.24) is 10.2 Å². The molecule has 1 fully saturated rings. The maximum Gasteiger partial charge on any atom is 0.119 e. The number of ether oxygens (including phenoxy) is 2. The van der Waals surface area contributed by atoms with Gasteiger partial charge in [-0.1, -0.05) is 0 Å². The summed E-state index contributed by atoms with van der Waals surface area (Å²) in [6.45, 7) is 6.80. The number of hydrogen-bond acceptors (Lipinski definition) is 5. The van der Waals surface area contributed by atoms with E-state index in [4.69, 9.17) is 9.47 Å². The summed E-state index contributed by atoms with van der Waals surface area (Å²) in [6.07, 6.45) is 1.89. The number of nitrogens with one attached hydrogen (secondary N) is 1. The van der Waals surface area contributed by atoms with E-state index in [9.17, 15) is 5.11 Å². The maximum absolute atomic E-state index is 10.3. The second kappa shape index (κ2) is 9.75. The van der Waals surface area contributed by atoms with Crippen molar-refractivity contribution in [3.05, 3.63) is 24.3 Å². The topological polar surface area (TPSA) is 54.0 Å². The van der Waals surface area contributed by atoms with Gasteiger partial charge in [-0.2, -0.15) is 0 Å². The molecule has 1 unspecified atom stereocenters. The molecular weight excluding hydrogens is 292 g/mol. The van der Waals surface area contributed by atoms with Gasteiger partial charge in [0.25, 0.3) is 0 Å². The van der Waals surface area contributed by atoms with Crippen LogP contribution in [-0.4, -0.2) is 62.6 Å². The first kappa shape index (κ1) is 18.0. The zero-order chi connectivity index (χ0) is 16.5. The van der Waals surface area contributed by atoms with E-state index in [2.05, 4.69) is 10.2 Å². The Hall–Kier alpha value is -1.30. The fourth-order valence-corrected chi connectivity index (χ4v) is 2.91. The summed E-state index contributed by atoms with van der Waals surface area (Å²) in [7, 11) is 2.03. The van der Waals surface area contributed by atoms with Gasteiger partial charge < -0.3 is 24.8 Å². The van der Waals surface area contributed by atoms with Gasteiger partial charge >= 0.3 is 0 Å². The van der Waals surface area contributed by atoms with Gasteiger partial charge in [-0.25, -0.2) is 0 Å². The van der Waals surface area contributed by atoms with Crippen molar-refractivity contribution >= 4 is 0 Å². The van der Waals surface area contributed by atoms with Crippen molar-refractivity contribution in [3.8, 4) is 11.5 Å². The molecule has 0 amide bonds. The molecule has 23 heavy (non-hydrogen) atoms. The lowest BCUT2D eigenvalue weighted by molar-refractivity contribution is 0.0546. The van der Waals surface area contributed by atoms with Gasteiger partial charge in [0, 0.05) is 13.1 Å². The third-order valence-electron chi connectivity index (χ3n) is 4.30. The summed E-state index contributed by atoms with van der Waals surface area (Å²) in [5.74, 6) is 2.13. The van der Waals surface area contributed by atoms with Crippen LogP contribution in [-0.2, 0) is 0 Å². The summed E-state index contributed by atoms with van der Waals surface area (Å²) < 4.78 is 11.2. The van der Waals surface area contributed by atoms with E-state index < -0.39 is 0 Å². The molecule has 0 aliphatic carbocycles. The molecule has 1 aromatic rings. The van der Waals surface area contributed by atoms with Gasteiger partial charge in [-0.05, 0) is 70.1 Å². The average molecular weight is 322 g/mol. The molecule has 0 saturated carbocycles. The Labute approximate surface area is 139 Å². The molecule has 0 bridgehead atoms. The lowest BCUT2D eigenvalue weighted by atomic mass is 9.92. The van der Waals surface area contributed by atoms with Crippen molar-refractivity contribution in [3.63, 3.8) is 0 Å². The van der Waals surface area contributed by atoms with Gasteiger partial charge in [0.15, 0.2) is 0 Å². The van der Waals surface area contributed by atoms with Gasteiger partial charge in [-0.15, -0.1) is 0 Å². The highest BCUT2D eigenvalue weighted by Crippen LogP contribution is 2.18. The Kier molecular flexibility index (Phi) is 7.65. The van der Waals surface area contributed by atoms with Crippen LogP contribution in [0, 0.1) is 5.92 Å². The number of aliphatic hydroxyl groups excluding tert-OH is 1. The van der Waals surface area contributed by atoms with E-state index in [0.717, 1.165) is 44.0 Å². The van der Waals surface area contributed by atoms with Gasteiger partial charge in [0.05, 0.1) is 12.7 Å². The van der Waals surface area contributed by atoms with Crippen LogP contribution in [0.25, 0.3) is 0 Å². The van der Waals surface area contributed by atoms with E-state index in [1.54, 1.807) is 0 Å². The summed E-state index contributed by atoms with van der Waals surface area (Å²) in [5, 5.41) is 13.7. The molecular formula is C18H30N2O3. The largest absolute Gasteiger partial charge is 0.494 e. The number of piperidine rings is 1. The molecule has 2 rings (SSSR count). The van der Waals surface area contributed by atoms with E-state index in [1.807, 2.05) is 38.2 Å². The minimum atomic E-state index is -0.243. The highest BCUT2D eigenvalue weighted by Gasteiger charge is 2.22. The smallest absolute Gasteiger partial charge is 0.119 e. The van der Waals surface area contributed by atoms with Crippen LogP contribution in [0.1, 0.15) is 19.8 Å². The maximum atomic E-state index is 10.3. The van der Waals surface area contributed by atoms with Crippen LogP contribution in [0.3, 0.4) is 0 Å². The van der Waals surface area contributed by atoms with E-state index in [1.165, 1.54) is 0 Å². The molecule has 0 spiro atoms. The lowest BCUT2D eigenvalue weighted by Gasteiger charge is -2.30. The van der Waals surface area contributed by atoms with Crippen LogP contribution in [0.2, 0.25) is 0 Å². The van der Waals surface area contributed by atoms with Crippen molar-refractivity contribution in [2.24, 2.45) is 5.92 Å². The molecule has 1 atom stereocenters. The number of rotatable bonds is 9. The Balaban J connectivity index is 1.64. The number of likely N-dealkylation sites (N-methyl/N-ethyl adjacent to an activating group) is 1. The van der Waals surface area contributed by atoms with Crippen LogP contribution < -0.4 is 14.8 Å². The monoisotopic (exact) mass is 322 g/mol. The Bertz CT molecular complexity index is 432. The second-order valence-corrected chi connectivity index (χ2v) is 6.17. The molecule has 1 aliphatic heterocycles. The van der Waals surface area contributed by atoms with Crippen LogP contribution in [0.5, 0.6) is 11.5 Å². The third kappa shape index (κ3) is 6.37. The Morgan fingerprint density at radius 2 is 1.78 bits per heavy atom. The zero-order valence-electron chi connectivity index (χ0n) is 14.3. The Morgan fingerprint density at radius 1 is 1.17 bits per heavy atom. The third-order valence-corrected chi connectivity index (χ3v) is 4.30. The first-order valence-corrected chi connectivity index (χ1v) is 8.62. The van der Waals surface area contributed by atoms with Crippen LogP contribution in [0.15, 0.2) is 24.3 Å². The van der Waals surface area contributed by atoms with E-state index in [0.29, 0.717) is 25.7 Å². The van der Waals surface area contributed by atoms with Gasteiger partial charge in [-0.3, -0.25) is 0 Å². The van der Waals surface area contributed by atoms with E-state index in [-0.39, 0.29) is 6.10 Å². The molecule has 2 N–H and O–H groups in total. The van der Waals surface area contributed by atoms with Crippen molar-refractivity contribution in [1.29, 1.82) is 0 Å². The van der Waals surface area contributed by atoms with E-state index >= 15 is 0 Å². The van der Waals surface area contributed by atoms with Crippen molar-refractivity contribution in [2.75, 3.05) is 46.4 Å². The SMILES string of the molecule is CCOc1ccc(OCCN(C)CC(O)C2CCNCC2)cc1. The minimum absolute atomic E-state index is 0.243. The number of benzene rings is 1. The molecule has 130 valence electrons. The average Bonchev–Trinajstić information content (AvgIpc) is 2.57. The number of aliphatic hydroxyl groups is 1. The molecule has 1 saturated heterocycles. The Morgan fingerprint density at radius 3 is 2.39 bits per heavy atom. The van der Waals surface area contributed by atoms with Crippen molar-refractivity contribution < 1.29 is 14.6 Å². The van der Waals surface area contributed by atoms with Crippen molar-refractivity contribution in [2.45, 2.75) is 25.9 Å². The summed E-state index contributed by atoms with van der Waals surface area (Å²) in [4.78, 5) is 2.14. The molecule has 1 aromatic carbocycles. The molecule has 0 aromatic heterocycles. The quantitative estimate of drug-likeness (QED) is 0.725. The molecule has 1 aliphatic rings. The number of hydrogen-bond donors (Lipinski definition) is 2. The lowest BCUT2D eigenvalue weighted by Crippen LogP contribution is -2.40. The molecule has 5 heteroatoms. The summed E-state index contributed by atoms with van der Waals surface area (Å²) in [6, 6.07) is 7.69. The molecule has 1 heterocycles.